The van der Waals surface area contributed by atoms with Gasteiger partial charge in [0.25, 0.3) is 0 Å². The van der Waals surface area contributed by atoms with Crippen molar-refractivity contribution in [3.8, 4) is 0 Å². The Morgan fingerprint density at radius 2 is 1.74 bits per heavy atom. The number of aromatic nitrogens is 3. The molecule has 2 fully saturated rings. The lowest BCUT2D eigenvalue weighted by Crippen LogP contribution is -2.48. The van der Waals surface area contributed by atoms with Gasteiger partial charge in [-0.2, -0.15) is 0 Å². The molecule has 2 aliphatic rings. The number of thioether (sulfide) groups is 1. The largest absolute Gasteiger partial charge is 0.372 e. The average Bonchev–Trinajstić information content (AvgIpc) is 3.25. The molecule has 5 rings (SSSR count). The Balaban J connectivity index is 1.38. The third-order valence-corrected chi connectivity index (χ3v) is 7.93. The first-order valence-electron chi connectivity index (χ1n) is 12.5. The van der Waals surface area contributed by atoms with E-state index >= 15 is 0 Å². The highest BCUT2D eigenvalue weighted by molar-refractivity contribution is 7.99. The van der Waals surface area contributed by atoms with Gasteiger partial charge in [0.2, 0.25) is 5.91 Å². The number of hydrogen-bond donors (Lipinski definition) is 0. The van der Waals surface area contributed by atoms with Crippen molar-refractivity contribution in [2.75, 3.05) is 18.8 Å². The highest BCUT2D eigenvalue weighted by atomic mass is 32.2. The average molecular weight is 479 g/mol. The zero-order chi connectivity index (χ0) is 23.5. The molecule has 2 unspecified atom stereocenters. The van der Waals surface area contributed by atoms with Crippen LogP contribution in [-0.2, 0) is 16.0 Å². The molecule has 0 bridgehead atoms. The van der Waals surface area contributed by atoms with Gasteiger partial charge in [-0.1, -0.05) is 73.5 Å². The number of nitrogens with zero attached hydrogens (tertiary/aromatic N) is 4. The number of carbonyl (C=O) groups is 1. The Morgan fingerprint density at radius 1 is 1.00 bits per heavy atom. The van der Waals surface area contributed by atoms with Crippen LogP contribution in [0.25, 0.3) is 10.8 Å². The highest BCUT2D eigenvalue weighted by Gasteiger charge is 2.28. The van der Waals surface area contributed by atoms with Crippen LogP contribution in [-0.4, -0.2) is 56.6 Å². The number of benzene rings is 2. The van der Waals surface area contributed by atoms with E-state index in [2.05, 4.69) is 57.2 Å². The van der Waals surface area contributed by atoms with Gasteiger partial charge in [0, 0.05) is 25.6 Å². The van der Waals surface area contributed by atoms with Crippen LogP contribution in [0.1, 0.15) is 63.4 Å². The fourth-order valence-corrected chi connectivity index (χ4v) is 6.38. The third kappa shape index (κ3) is 5.15. The van der Waals surface area contributed by atoms with Crippen LogP contribution in [0, 0.1) is 0 Å². The van der Waals surface area contributed by atoms with Crippen LogP contribution in [0.3, 0.4) is 0 Å². The second-order valence-corrected chi connectivity index (χ2v) is 10.7. The van der Waals surface area contributed by atoms with Gasteiger partial charge in [0.15, 0.2) is 5.16 Å². The van der Waals surface area contributed by atoms with Gasteiger partial charge in [-0.15, -0.1) is 10.2 Å². The van der Waals surface area contributed by atoms with E-state index < -0.39 is 0 Å². The molecular formula is C27H34N4O2S. The lowest BCUT2D eigenvalue weighted by atomic mass is 9.95. The van der Waals surface area contributed by atoms with E-state index in [1.54, 1.807) is 0 Å². The summed E-state index contributed by atoms with van der Waals surface area (Å²) in [5, 5.41) is 12.6. The van der Waals surface area contributed by atoms with Gasteiger partial charge in [0.1, 0.15) is 5.82 Å². The van der Waals surface area contributed by atoms with E-state index in [4.69, 9.17) is 4.74 Å². The van der Waals surface area contributed by atoms with Crippen LogP contribution in [0.5, 0.6) is 0 Å². The topological polar surface area (TPSA) is 60.2 Å². The monoisotopic (exact) mass is 478 g/mol. The maximum atomic E-state index is 13.0. The number of ether oxygens (including phenoxy) is 1. The van der Waals surface area contributed by atoms with E-state index in [1.807, 2.05) is 18.7 Å². The molecule has 34 heavy (non-hydrogen) atoms. The maximum Gasteiger partial charge on any atom is 0.233 e. The molecule has 2 atom stereocenters. The summed E-state index contributed by atoms with van der Waals surface area (Å²) < 4.78 is 8.14. The second kappa shape index (κ2) is 10.5. The van der Waals surface area contributed by atoms with E-state index in [-0.39, 0.29) is 18.1 Å². The number of carbonyl (C=O) groups excluding carboxylic acids is 1. The first kappa shape index (κ1) is 23.4. The number of morpholine rings is 1. The van der Waals surface area contributed by atoms with E-state index in [9.17, 15) is 4.79 Å². The number of fused-ring (bicyclic) bond motifs is 1. The first-order chi connectivity index (χ1) is 16.6. The third-order valence-electron chi connectivity index (χ3n) is 7.00. The van der Waals surface area contributed by atoms with Gasteiger partial charge in [0.05, 0.1) is 18.0 Å². The molecule has 0 radical (unpaired) electrons. The predicted octanol–water partition coefficient (Wildman–Crippen LogP) is 5.26. The zero-order valence-electron chi connectivity index (χ0n) is 20.2. The minimum atomic E-state index is 0.0795. The highest BCUT2D eigenvalue weighted by Crippen LogP contribution is 2.34. The molecule has 1 aliphatic carbocycles. The first-order valence-corrected chi connectivity index (χ1v) is 13.5. The lowest BCUT2D eigenvalue weighted by Gasteiger charge is -2.35. The normalized spacial score (nSPS) is 21.8. The Kier molecular flexibility index (Phi) is 7.21. The molecule has 1 saturated heterocycles. The quantitative estimate of drug-likeness (QED) is 0.453. The smallest absolute Gasteiger partial charge is 0.233 e. The summed E-state index contributed by atoms with van der Waals surface area (Å²) in [6.45, 7) is 5.38. The van der Waals surface area contributed by atoms with E-state index in [0.29, 0.717) is 24.9 Å². The molecule has 1 amide bonds. The number of rotatable bonds is 6. The molecule has 2 heterocycles. The van der Waals surface area contributed by atoms with Gasteiger partial charge >= 0.3 is 0 Å². The number of amides is 1. The maximum absolute atomic E-state index is 13.0. The van der Waals surface area contributed by atoms with E-state index in [1.165, 1.54) is 47.4 Å². The second-order valence-electron chi connectivity index (χ2n) is 9.72. The van der Waals surface area contributed by atoms with Crippen molar-refractivity contribution in [3.63, 3.8) is 0 Å². The van der Waals surface area contributed by atoms with Gasteiger partial charge in [-0.3, -0.25) is 4.79 Å². The van der Waals surface area contributed by atoms with Crippen molar-refractivity contribution < 1.29 is 9.53 Å². The molecule has 7 heteroatoms. The van der Waals surface area contributed by atoms with Crippen molar-refractivity contribution in [1.82, 2.24) is 19.7 Å². The molecule has 0 spiro atoms. The van der Waals surface area contributed by atoms with Crippen LogP contribution < -0.4 is 0 Å². The van der Waals surface area contributed by atoms with Crippen molar-refractivity contribution in [3.05, 3.63) is 53.9 Å². The fourth-order valence-electron chi connectivity index (χ4n) is 5.45. The molecule has 1 saturated carbocycles. The molecule has 0 N–H and O–H groups in total. The Hall–Kier alpha value is -2.38. The number of hydrogen-bond acceptors (Lipinski definition) is 5. The summed E-state index contributed by atoms with van der Waals surface area (Å²) in [7, 11) is 0. The van der Waals surface area contributed by atoms with Gasteiger partial charge in [-0.25, -0.2) is 0 Å². The van der Waals surface area contributed by atoms with Crippen molar-refractivity contribution in [2.45, 2.75) is 75.8 Å². The minimum absolute atomic E-state index is 0.0795. The Morgan fingerprint density at radius 3 is 2.53 bits per heavy atom. The Labute approximate surface area is 206 Å². The zero-order valence-corrected chi connectivity index (χ0v) is 21.0. The molecule has 3 aromatic rings. The van der Waals surface area contributed by atoms with Crippen LogP contribution >= 0.6 is 11.8 Å². The van der Waals surface area contributed by atoms with Crippen molar-refractivity contribution >= 4 is 28.4 Å². The molecule has 2 aromatic carbocycles. The molecule has 1 aromatic heterocycles. The fraction of sp³-hybridized carbons (Fsp3) is 0.519. The summed E-state index contributed by atoms with van der Waals surface area (Å²) >= 11 is 1.54. The van der Waals surface area contributed by atoms with Crippen LogP contribution in [0.15, 0.2) is 47.6 Å². The van der Waals surface area contributed by atoms with Crippen molar-refractivity contribution in [1.29, 1.82) is 0 Å². The molecular weight excluding hydrogens is 444 g/mol. The van der Waals surface area contributed by atoms with Crippen LogP contribution in [0.2, 0.25) is 0 Å². The van der Waals surface area contributed by atoms with Crippen LogP contribution in [0.4, 0.5) is 0 Å². The summed E-state index contributed by atoms with van der Waals surface area (Å²) in [6, 6.07) is 15.4. The predicted molar refractivity (Wildman–Crippen MR) is 136 cm³/mol. The lowest BCUT2D eigenvalue weighted by molar-refractivity contribution is -0.140. The van der Waals surface area contributed by atoms with Crippen molar-refractivity contribution in [2.24, 2.45) is 0 Å². The summed E-state index contributed by atoms with van der Waals surface area (Å²) in [4.78, 5) is 14.9. The summed E-state index contributed by atoms with van der Waals surface area (Å²) in [5.74, 6) is 1.55. The minimum Gasteiger partial charge on any atom is -0.372 e. The standard InChI is InChI=1S/C27H34N4O2S/c1-19-16-30(17-20(2)33-19)26(32)18-34-27-29-28-25(31(27)23-12-4-3-5-13-23)15-22-11-8-10-21-9-6-7-14-24(21)22/h6-11,14,19-20,23H,3-5,12-13,15-18H2,1-2H3. The summed E-state index contributed by atoms with van der Waals surface area (Å²) in [5.41, 5.74) is 1.27. The van der Waals surface area contributed by atoms with E-state index in [0.717, 1.165) is 30.2 Å². The van der Waals surface area contributed by atoms with Gasteiger partial charge < -0.3 is 14.2 Å². The molecule has 6 nitrogen and oxygen atoms in total. The summed E-state index contributed by atoms with van der Waals surface area (Å²) in [6.07, 6.45) is 6.99. The SMILES string of the molecule is CC1CN(C(=O)CSc2nnc(Cc3cccc4ccccc34)n2C2CCCCC2)CC(C)O1. The molecule has 1 aliphatic heterocycles. The molecule has 180 valence electrons. The van der Waals surface area contributed by atoms with Gasteiger partial charge in [-0.05, 0) is 43.0 Å². The Bertz CT molecular complexity index is 1130.